The van der Waals surface area contributed by atoms with E-state index >= 15 is 0 Å². The SMILES string of the molecule is COc1ccc(-c2csc(/C(C#N)=C/Nc3ccc(Cl)cc3C(F)(F)F)n2)cc1. The lowest BCUT2D eigenvalue weighted by atomic mass is 10.1. The van der Waals surface area contributed by atoms with Gasteiger partial charge in [-0.1, -0.05) is 11.6 Å². The number of benzene rings is 2. The second-order valence-electron chi connectivity index (χ2n) is 5.77. The third-order valence-electron chi connectivity index (χ3n) is 3.90. The summed E-state index contributed by atoms with van der Waals surface area (Å²) in [5.74, 6) is 0.703. The summed E-state index contributed by atoms with van der Waals surface area (Å²) in [5, 5.41) is 14.1. The average Bonchev–Trinajstić information content (AvgIpc) is 3.18. The van der Waals surface area contributed by atoms with Gasteiger partial charge in [-0.3, -0.25) is 0 Å². The molecule has 3 rings (SSSR count). The van der Waals surface area contributed by atoms with E-state index in [1.54, 1.807) is 24.6 Å². The molecule has 0 amide bonds. The first-order chi connectivity index (χ1) is 13.8. The number of thiazole rings is 1. The third-order valence-corrected chi connectivity index (χ3v) is 5.01. The molecule has 3 aromatic rings. The van der Waals surface area contributed by atoms with Crippen LogP contribution in [0.3, 0.4) is 0 Å². The summed E-state index contributed by atoms with van der Waals surface area (Å²) in [6, 6.07) is 12.6. The number of methoxy groups -OCH3 is 1. The topological polar surface area (TPSA) is 57.9 Å². The average molecular weight is 436 g/mol. The molecule has 148 valence electrons. The molecule has 0 atom stereocenters. The molecule has 2 aromatic carbocycles. The summed E-state index contributed by atoms with van der Waals surface area (Å²) in [4.78, 5) is 4.41. The predicted molar refractivity (Wildman–Crippen MR) is 108 cm³/mol. The second-order valence-corrected chi connectivity index (χ2v) is 7.06. The van der Waals surface area contributed by atoms with Crippen LogP contribution in [-0.2, 0) is 6.18 Å². The van der Waals surface area contributed by atoms with Crippen LogP contribution in [0.25, 0.3) is 16.8 Å². The van der Waals surface area contributed by atoms with Crippen molar-refractivity contribution in [1.82, 2.24) is 4.98 Å². The third kappa shape index (κ3) is 4.88. The zero-order chi connectivity index (χ0) is 21.0. The molecule has 0 unspecified atom stereocenters. The number of anilines is 1. The van der Waals surface area contributed by atoms with Gasteiger partial charge in [-0.2, -0.15) is 18.4 Å². The van der Waals surface area contributed by atoms with Gasteiger partial charge in [0.25, 0.3) is 0 Å². The van der Waals surface area contributed by atoms with Crippen molar-refractivity contribution in [3.05, 3.63) is 69.6 Å². The van der Waals surface area contributed by atoms with E-state index < -0.39 is 11.7 Å². The Hall–Kier alpha value is -3.02. The minimum Gasteiger partial charge on any atom is -0.497 e. The van der Waals surface area contributed by atoms with Gasteiger partial charge in [-0.25, -0.2) is 4.98 Å². The number of hydrogen-bond acceptors (Lipinski definition) is 5. The van der Waals surface area contributed by atoms with Crippen molar-refractivity contribution in [3.63, 3.8) is 0 Å². The lowest BCUT2D eigenvalue weighted by molar-refractivity contribution is -0.136. The largest absolute Gasteiger partial charge is 0.497 e. The zero-order valence-electron chi connectivity index (χ0n) is 14.9. The highest BCUT2D eigenvalue weighted by Crippen LogP contribution is 2.37. The van der Waals surface area contributed by atoms with Gasteiger partial charge in [0.2, 0.25) is 0 Å². The van der Waals surface area contributed by atoms with Crippen LogP contribution in [0, 0.1) is 11.3 Å². The number of allylic oxidation sites excluding steroid dienone is 1. The number of ether oxygens (including phenoxy) is 1. The van der Waals surface area contributed by atoms with E-state index in [0.29, 0.717) is 16.5 Å². The fraction of sp³-hybridized carbons (Fsp3) is 0.100. The van der Waals surface area contributed by atoms with Crippen molar-refractivity contribution in [1.29, 1.82) is 5.26 Å². The fourth-order valence-corrected chi connectivity index (χ4v) is 3.43. The molecule has 1 aromatic heterocycles. The van der Waals surface area contributed by atoms with Gasteiger partial charge in [0.15, 0.2) is 0 Å². The normalized spacial score (nSPS) is 11.8. The molecule has 0 bridgehead atoms. The van der Waals surface area contributed by atoms with Crippen molar-refractivity contribution in [2.24, 2.45) is 0 Å². The van der Waals surface area contributed by atoms with Gasteiger partial charge in [0.05, 0.1) is 24.1 Å². The van der Waals surface area contributed by atoms with Crippen LogP contribution in [0.5, 0.6) is 5.75 Å². The Morgan fingerprint density at radius 3 is 2.59 bits per heavy atom. The Kier molecular flexibility index (Phi) is 6.11. The molecule has 9 heteroatoms. The van der Waals surface area contributed by atoms with E-state index in [9.17, 15) is 18.4 Å². The molecule has 29 heavy (non-hydrogen) atoms. The number of nitrogens with zero attached hydrogens (tertiary/aromatic N) is 2. The van der Waals surface area contributed by atoms with E-state index in [4.69, 9.17) is 16.3 Å². The van der Waals surface area contributed by atoms with Gasteiger partial charge in [0, 0.05) is 22.2 Å². The summed E-state index contributed by atoms with van der Waals surface area (Å²) >= 11 is 6.89. The number of nitrogens with one attached hydrogen (secondary N) is 1. The summed E-state index contributed by atoms with van der Waals surface area (Å²) < 4.78 is 44.7. The lowest BCUT2D eigenvalue weighted by Gasteiger charge is -2.13. The van der Waals surface area contributed by atoms with Gasteiger partial charge >= 0.3 is 6.18 Å². The smallest absolute Gasteiger partial charge is 0.418 e. The van der Waals surface area contributed by atoms with E-state index in [1.807, 2.05) is 18.2 Å². The lowest BCUT2D eigenvalue weighted by Crippen LogP contribution is -2.08. The number of hydrogen-bond donors (Lipinski definition) is 1. The number of aromatic nitrogens is 1. The van der Waals surface area contributed by atoms with Gasteiger partial charge < -0.3 is 10.1 Å². The quantitative estimate of drug-likeness (QED) is 0.467. The van der Waals surface area contributed by atoms with Gasteiger partial charge in [-0.05, 0) is 42.5 Å². The molecule has 4 nitrogen and oxygen atoms in total. The Bertz CT molecular complexity index is 1090. The number of nitriles is 1. The molecule has 0 radical (unpaired) electrons. The summed E-state index contributed by atoms with van der Waals surface area (Å²) in [6.07, 6.45) is -3.38. The molecule has 0 aliphatic rings. The Balaban J connectivity index is 1.87. The number of rotatable bonds is 5. The minimum absolute atomic E-state index is 0.0311. The summed E-state index contributed by atoms with van der Waals surface area (Å²) in [5.41, 5.74) is 0.461. The molecule has 0 aliphatic heterocycles. The Labute approximate surface area is 173 Å². The first kappa shape index (κ1) is 20.7. The molecular formula is C20H13ClF3N3OS. The fourth-order valence-electron chi connectivity index (χ4n) is 2.46. The van der Waals surface area contributed by atoms with Crippen LogP contribution in [-0.4, -0.2) is 12.1 Å². The molecular weight excluding hydrogens is 423 g/mol. The second kappa shape index (κ2) is 8.55. The maximum atomic E-state index is 13.2. The highest BCUT2D eigenvalue weighted by Gasteiger charge is 2.33. The van der Waals surface area contributed by atoms with Crippen LogP contribution in [0.4, 0.5) is 18.9 Å². The maximum absolute atomic E-state index is 13.2. The van der Waals surface area contributed by atoms with Crippen molar-refractivity contribution in [2.75, 3.05) is 12.4 Å². The Morgan fingerprint density at radius 2 is 1.97 bits per heavy atom. The highest BCUT2D eigenvalue weighted by atomic mass is 35.5. The van der Waals surface area contributed by atoms with Crippen LogP contribution < -0.4 is 10.1 Å². The summed E-state index contributed by atoms with van der Waals surface area (Å²) in [6.45, 7) is 0. The predicted octanol–water partition coefficient (Wildman–Crippen LogP) is 6.47. The number of halogens is 4. The number of alkyl halides is 3. The van der Waals surface area contributed by atoms with E-state index in [1.165, 1.54) is 29.7 Å². The van der Waals surface area contributed by atoms with Crippen molar-refractivity contribution < 1.29 is 17.9 Å². The molecule has 0 aliphatic carbocycles. The standard InChI is InChI=1S/C20H13ClF3N3OS/c1-28-15-5-2-12(3-6-15)18-11-29-19(27-18)13(9-25)10-26-17-7-4-14(21)8-16(17)20(22,23)24/h2-8,10-11,26H,1H3/b13-10+. The summed E-state index contributed by atoms with van der Waals surface area (Å²) in [7, 11) is 1.57. The van der Waals surface area contributed by atoms with Gasteiger partial charge in [0.1, 0.15) is 22.4 Å². The molecule has 1 heterocycles. The first-order valence-corrected chi connectivity index (χ1v) is 9.41. The van der Waals surface area contributed by atoms with E-state index in [2.05, 4.69) is 10.3 Å². The van der Waals surface area contributed by atoms with Crippen LogP contribution in [0.15, 0.2) is 54.0 Å². The molecule has 0 fully saturated rings. The van der Waals surface area contributed by atoms with Crippen LogP contribution in [0.1, 0.15) is 10.6 Å². The van der Waals surface area contributed by atoms with Crippen LogP contribution >= 0.6 is 22.9 Å². The van der Waals surface area contributed by atoms with E-state index in [-0.39, 0.29) is 16.3 Å². The highest BCUT2D eigenvalue weighted by molar-refractivity contribution is 7.11. The first-order valence-electron chi connectivity index (χ1n) is 8.15. The zero-order valence-corrected chi connectivity index (χ0v) is 16.5. The van der Waals surface area contributed by atoms with Crippen molar-refractivity contribution in [3.8, 4) is 23.1 Å². The molecule has 0 saturated heterocycles. The molecule has 0 spiro atoms. The molecule has 1 N–H and O–H groups in total. The maximum Gasteiger partial charge on any atom is 0.418 e. The van der Waals surface area contributed by atoms with Gasteiger partial charge in [-0.15, -0.1) is 11.3 Å². The van der Waals surface area contributed by atoms with Crippen LogP contribution in [0.2, 0.25) is 5.02 Å². The Morgan fingerprint density at radius 1 is 1.24 bits per heavy atom. The van der Waals surface area contributed by atoms with Crippen molar-refractivity contribution in [2.45, 2.75) is 6.18 Å². The molecule has 0 saturated carbocycles. The van der Waals surface area contributed by atoms with Crippen molar-refractivity contribution >= 4 is 34.2 Å². The minimum atomic E-state index is -4.59. The van der Waals surface area contributed by atoms with E-state index in [0.717, 1.165) is 11.6 Å². The monoisotopic (exact) mass is 435 g/mol.